The Hall–Kier alpha value is -0.580. The number of aliphatic hydroxyl groups is 1. The Morgan fingerprint density at radius 1 is 1.42 bits per heavy atom. The minimum atomic E-state index is -0.416. The maximum absolute atomic E-state index is 9.62. The van der Waals surface area contributed by atoms with Crippen molar-refractivity contribution in [2.45, 2.75) is 31.9 Å². The van der Waals surface area contributed by atoms with E-state index >= 15 is 0 Å². The van der Waals surface area contributed by atoms with Gasteiger partial charge in [0.15, 0.2) is 0 Å². The van der Waals surface area contributed by atoms with Crippen molar-refractivity contribution >= 4 is 21.6 Å². The highest BCUT2D eigenvalue weighted by Crippen LogP contribution is 2.31. The van der Waals surface area contributed by atoms with Crippen molar-refractivity contribution in [1.29, 1.82) is 0 Å². The molecule has 1 unspecified atom stereocenters. The second kappa shape index (κ2) is 6.25. The molecule has 0 bridgehead atoms. The number of hydrogen-bond acceptors (Lipinski definition) is 3. The molecule has 1 saturated heterocycles. The van der Waals surface area contributed by atoms with Gasteiger partial charge in [-0.2, -0.15) is 0 Å². The lowest BCUT2D eigenvalue weighted by Gasteiger charge is -2.38. The number of benzene rings is 1. The van der Waals surface area contributed by atoms with Crippen molar-refractivity contribution in [2.75, 3.05) is 32.1 Å². The maximum Gasteiger partial charge on any atom is 0.0762 e. The number of halogens is 1. The third-order valence-electron chi connectivity index (χ3n) is 3.92. The first-order chi connectivity index (χ1) is 8.99. The molecule has 106 valence electrons. The Balaban J connectivity index is 2.17. The smallest absolute Gasteiger partial charge is 0.0762 e. The number of nitrogens with zero attached hydrogens (tertiary/aromatic N) is 2. The highest BCUT2D eigenvalue weighted by Gasteiger charge is 2.22. The second-order valence-corrected chi connectivity index (χ2v) is 6.45. The largest absolute Gasteiger partial charge is 0.389 e. The summed E-state index contributed by atoms with van der Waals surface area (Å²) in [5.41, 5.74) is 2.19. The fourth-order valence-corrected chi connectivity index (χ4v) is 3.28. The number of anilines is 1. The van der Waals surface area contributed by atoms with Crippen LogP contribution in [0.4, 0.5) is 5.69 Å². The minimum Gasteiger partial charge on any atom is -0.389 e. The lowest BCUT2D eigenvalue weighted by Crippen LogP contribution is -2.45. The molecule has 1 fully saturated rings. The van der Waals surface area contributed by atoms with Gasteiger partial charge in [-0.05, 0) is 67.5 Å². The van der Waals surface area contributed by atoms with Crippen LogP contribution in [0.1, 0.15) is 31.4 Å². The Bertz CT molecular complexity index is 434. The summed E-state index contributed by atoms with van der Waals surface area (Å²) in [5, 5.41) is 9.62. The molecule has 1 aliphatic heterocycles. The van der Waals surface area contributed by atoms with Gasteiger partial charge >= 0.3 is 0 Å². The van der Waals surface area contributed by atoms with Crippen molar-refractivity contribution in [3.8, 4) is 0 Å². The van der Waals surface area contributed by atoms with Gasteiger partial charge in [-0.25, -0.2) is 0 Å². The average molecular weight is 327 g/mol. The van der Waals surface area contributed by atoms with E-state index in [1.54, 1.807) is 6.92 Å². The molecule has 0 saturated carbocycles. The van der Waals surface area contributed by atoms with Gasteiger partial charge < -0.3 is 14.9 Å². The van der Waals surface area contributed by atoms with E-state index < -0.39 is 6.10 Å². The van der Waals surface area contributed by atoms with Gasteiger partial charge in [-0.1, -0.05) is 6.07 Å². The SMILES string of the molecule is C[C@H](O)c1ccc(N2CCCC(N(C)C)C2)c(Br)c1. The fourth-order valence-electron chi connectivity index (χ4n) is 2.63. The van der Waals surface area contributed by atoms with Crippen LogP contribution in [0.25, 0.3) is 0 Å². The standard InChI is InChI=1S/C15H23BrN2O/c1-11(19)12-6-7-15(14(16)9-12)18-8-4-5-13(10-18)17(2)3/h6-7,9,11,13,19H,4-5,8,10H2,1-3H3/t11-,13?/m0/s1. The molecule has 0 aromatic heterocycles. The predicted molar refractivity (Wildman–Crippen MR) is 83.7 cm³/mol. The molecule has 1 heterocycles. The van der Waals surface area contributed by atoms with Crippen molar-refractivity contribution in [3.05, 3.63) is 28.2 Å². The lowest BCUT2D eigenvalue weighted by atomic mass is 10.0. The van der Waals surface area contributed by atoms with Crippen molar-refractivity contribution < 1.29 is 5.11 Å². The van der Waals surface area contributed by atoms with E-state index in [-0.39, 0.29) is 0 Å². The van der Waals surface area contributed by atoms with Crippen LogP contribution in [0.3, 0.4) is 0 Å². The molecule has 4 heteroatoms. The average Bonchev–Trinajstić information content (AvgIpc) is 2.38. The van der Waals surface area contributed by atoms with Gasteiger partial charge in [0, 0.05) is 23.6 Å². The molecule has 1 aromatic carbocycles. The number of likely N-dealkylation sites (N-methyl/N-ethyl adjacent to an activating group) is 1. The van der Waals surface area contributed by atoms with E-state index in [4.69, 9.17) is 0 Å². The first-order valence-electron chi connectivity index (χ1n) is 6.88. The van der Waals surface area contributed by atoms with E-state index in [1.807, 2.05) is 12.1 Å². The summed E-state index contributed by atoms with van der Waals surface area (Å²) in [7, 11) is 4.31. The summed E-state index contributed by atoms with van der Waals surface area (Å²) in [6.07, 6.45) is 2.08. The predicted octanol–water partition coefficient (Wildman–Crippen LogP) is 3.03. The fraction of sp³-hybridized carbons (Fsp3) is 0.600. The zero-order valence-electron chi connectivity index (χ0n) is 11.9. The molecule has 2 rings (SSSR count). The Kier molecular flexibility index (Phi) is 4.87. The molecule has 0 radical (unpaired) electrons. The summed E-state index contributed by atoms with van der Waals surface area (Å²) in [6.45, 7) is 3.97. The third kappa shape index (κ3) is 3.50. The van der Waals surface area contributed by atoms with E-state index in [2.05, 4.69) is 45.9 Å². The number of aliphatic hydroxyl groups excluding tert-OH is 1. The Morgan fingerprint density at radius 3 is 2.74 bits per heavy atom. The molecular formula is C15H23BrN2O. The molecule has 1 aromatic rings. The van der Waals surface area contributed by atoms with Crippen LogP contribution in [0.5, 0.6) is 0 Å². The van der Waals surface area contributed by atoms with Crippen LogP contribution in [-0.4, -0.2) is 43.2 Å². The van der Waals surface area contributed by atoms with E-state index in [9.17, 15) is 5.11 Å². The zero-order chi connectivity index (χ0) is 14.0. The topological polar surface area (TPSA) is 26.7 Å². The summed E-state index contributed by atoms with van der Waals surface area (Å²) in [6, 6.07) is 6.78. The molecule has 19 heavy (non-hydrogen) atoms. The van der Waals surface area contributed by atoms with Crippen LogP contribution in [0.15, 0.2) is 22.7 Å². The first-order valence-corrected chi connectivity index (χ1v) is 7.67. The van der Waals surface area contributed by atoms with Crippen LogP contribution < -0.4 is 4.90 Å². The summed E-state index contributed by atoms with van der Waals surface area (Å²) in [4.78, 5) is 4.74. The molecule has 0 amide bonds. The number of piperidine rings is 1. The zero-order valence-corrected chi connectivity index (χ0v) is 13.5. The second-order valence-electron chi connectivity index (χ2n) is 5.59. The van der Waals surface area contributed by atoms with Gasteiger partial charge in [0.05, 0.1) is 11.8 Å². The maximum atomic E-state index is 9.62. The first kappa shape index (κ1) is 14.8. The van der Waals surface area contributed by atoms with Crippen LogP contribution in [-0.2, 0) is 0 Å². The molecular weight excluding hydrogens is 304 g/mol. The molecule has 0 aliphatic carbocycles. The van der Waals surface area contributed by atoms with Gasteiger partial charge in [0.2, 0.25) is 0 Å². The van der Waals surface area contributed by atoms with Crippen molar-refractivity contribution in [3.63, 3.8) is 0 Å². The van der Waals surface area contributed by atoms with E-state index in [1.165, 1.54) is 18.5 Å². The van der Waals surface area contributed by atoms with Gasteiger partial charge in [-0.3, -0.25) is 0 Å². The molecule has 0 spiro atoms. The summed E-state index contributed by atoms with van der Waals surface area (Å²) in [5.74, 6) is 0. The molecule has 1 aliphatic rings. The minimum absolute atomic E-state index is 0.416. The molecule has 2 atom stereocenters. The highest BCUT2D eigenvalue weighted by molar-refractivity contribution is 9.10. The van der Waals surface area contributed by atoms with Crippen molar-refractivity contribution in [2.24, 2.45) is 0 Å². The van der Waals surface area contributed by atoms with Gasteiger partial charge in [0.1, 0.15) is 0 Å². The lowest BCUT2D eigenvalue weighted by molar-refractivity contribution is 0.199. The summed E-state index contributed by atoms with van der Waals surface area (Å²) >= 11 is 3.64. The quantitative estimate of drug-likeness (QED) is 0.924. The van der Waals surface area contributed by atoms with E-state index in [0.717, 1.165) is 23.1 Å². The number of hydrogen-bond donors (Lipinski definition) is 1. The number of rotatable bonds is 3. The molecule has 3 nitrogen and oxygen atoms in total. The van der Waals surface area contributed by atoms with E-state index in [0.29, 0.717) is 6.04 Å². The third-order valence-corrected chi connectivity index (χ3v) is 4.56. The molecule has 1 N–H and O–H groups in total. The summed E-state index contributed by atoms with van der Waals surface area (Å²) < 4.78 is 1.07. The Labute approximate surface area is 124 Å². The normalized spacial score (nSPS) is 21.8. The van der Waals surface area contributed by atoms with Crippen LogP contribution in [0.2, 0.25) is 0 Å². The van der Waals surface area contributed by atoms with Crippen molar-refractivity contribution in [1.82, 2.24) is 4.90 Å². The monoisotopic (exact) mass is 326 g/mol. The highest BCUT2D eigenvalue weighted by atomic mass is 79.9. The Morgan fingerprint density at radius 2 is 2.16 bits per heavy atom. The van der Waals surface area contributed by atoms with Crippen LogP contribution in [0, 0.1) is 0 Å². The van der Waals surface area contributed by atoms with Gasteiger partial charge in [0.25, 0.3) is 0 Å². The van der Waals surface area contributed by atoms with Gasteiger partial charge in [-0.15, -0.1) is 0 Å². The van der Waals surface area contributed by atoms with Crippen LogP contribution >= 0.6 is 15.9 Å².